The largest absolute Gasteiger partial charge is 0.508 e. The molecule has 2 atom stereocenters. The highest BCUT2D eigenvalue weighted by Gasteiger charge is 2.18. The zero-order valence-corrected chi connectivity index (χ0v) is 15.0. The average molecular weight is 336 g/mol. The molecular weight excluding hydrogens is 308 g/mol. The fourth-order valence-corrected chi connectivity index (χ4v) is 2.19. The van der Waals surface area contributed by atoms with Crippen molar-refractivity contribution in [3.05, 3.63) is 35.4 Å². The summed E-state index contributed by atoms with van der Waals surface area (Å²) in [6, 6.07) is 7.36. The molecule has 1 aromatic carbocycles. The molecule has 24 heavy (non-hydrogen) atoms. The van der Waals surface area contributed by atoms with Crippen LogP contribution in [0.25, 0.3) is 0 Å². The third-order valence-electron chi connectivity index (χ3n) is 3.59. The van der Waals surface area contributed by atoms with Gasteiger partial charge in [0.25, 0.3) is 0 Å². The van der Waals surface area contributed by atoms with Crippen LogP contribution in [0.15, 0.2) is 24.3 Å². The lowest BCUT2D eigenvalue weighted by molar-refractivity contribution is 0.000160. The minimum absolute atomic E-state index is 0.359. The Balaban J connectivity index is 2.36. The summed E-state index contributed by atoms with van der Waals surface area (Å²) in [7, 11) is 0. The molecule has 0 N–H and O–H groups in total. The Labute approximate surface area is 144 Å². The van der Waals surface area contributed by atoms with Gasteiger partial charge in [-0.3, -0.25) is 0 Å². The van der Waals surface area contributed by atoms with Gasteiger partial charge in [0.1, 0.15) is 12.2 Å². The molecule has 5 nitrogen and oxygen atoms in total. The molecule has 1 aromatic rings. The van der Waals surface area contributed by atoms with Crippen LogP contribution >= 0.6 is 0 Å². The van der Waals surface area contributed by atoms with E-state index < -0.39 is 6.16 Å². The molecular formula is C19H28O5. The lowest BCUT2D eigenvalue weighted by atomic mass is 10.1. The van der Waals surface area contributed by atoms with Gasteiger partial charge in [-0.05, 0) is 44.4 Å². The van der Waals surface area contributed by atoms with E-state index in [2.05, 4.69) is 6.92 Å². The highest BCUT2D eigenvalue weighted by Crippen LogP contribution is 2.12. The fraction of sp³-hybridized carbons (Fsp3) is 0.579. The van der Waals surface area contributed by atoms with Crippen LogP contribution in [0.3, 0.4) is 0 Å². The Bertz CT molecular complexity index is 509. The molecule has 5 heteroatoms. The highest BCUT2D eigenvalue weighted by atomic mass is 16.7. The normalized spacial score (nSPS) is 13.0. The molecule has 0 aliphatic rings. The minimum Gasteiger partial charge on any atom is -0.459 e. The van der Waals surface area contributed by atoms with Gasteiger partial charge in [0.05, 0.1) is 12.2 Å². The maximum atomic E-state index is 12.1. The molecule has 0 aromatic heterocycles. The third kappa shape index (κ3) is 7.49. The van der Waals surface area contributed by atoms with Crippen molar-refractivity contribution in [1.29, 1.82) is 0 Å². The minimum atomic E-state index is -0.676. The molecule has 0 saturated carbocycles. The van der Waals surface area contributed by atoms with Crippen LogP contribution in [-0.2, 0) is 20.6 Å². The predicted octanol–water partition coefficient (Wildman–Crippen LogP) is 4.53. The first-order valence-corrected chi connectivity index (χ1v) is 8.59. The lowest BCUT2D eigenvalue weighted by Crippen LogP contribution is -2.24. The number of carbonyl (C=O) groups excluding carboxylic acids is 2. The van der Waals surface area contributed by atoms with Gasteiger partial charge < -0.3 is 14.2 Å². The monoisotopic (exact) mass is 336 g/mol. The quantitative estimate of drug-likeness (QED) is 0.490. The van der Waals surface area contributed by atoms with E-state index in [0.717, 1.165) is 19.3 Å². The number of benzene rings is 1. The van der Waals surface area contributed by atoms with Crippen molar-refractivity contribution in [1.82, 2.24) is 0 Å². The summed E-state index contributed by atoms with van der Waals surface area (Å²) in [6.07, 6.45) is 1.69. The van der Waals surface area contributed by atoms with Crippen molar-refractivity contribution < 1.29 is 23.8 Å². The van der Waals surface area contributed by atoms with E-state index in [1.165, 1.54) is 5.56 Å². The highest BCUT2D eigenvalue weighted by molar-refractivity contribution is 5.89. The van der Waals surface area contributed by atoms with Crippen LogP contribution in [0.2, 0.25) is 0 Å². The van der Waals surface area contributed by atoms with E-state index >= 15 is 0 Å². The van der Waals surface area contributed by atoms with E-state index in [4.69, 9.17) is 14.2 Å². The Kier molecular flexibility index (Phi) is 8.90. The number of carbonyl (C=O) groups is 2. The van der Waals surface area contributed by atoms with E-state index in [0.29, 0.717) is 18.6 Å². The number of aryl methyl sites for hydroxylation is 1. The second-order valence-electron chi connectivity index (χ2n) is 5.88. The zero-order valence-electron chi connectivity index (χ0n) is 15.0. The van der Waals surface area contributed by atoms with Crippen LogP contribution in [0.5, 0.6) is 0 Å². The number of rotatable bonds is 9. The second kappa shape index (κ2) is 10.7. The summed E-state index contributed by atoms with van der Waals surface area (Å²) in [5, 5.41) is 0. The Morgan fingerprint density at radius 2 is 1.62 bits per heavy atom. The standard InChI is InChI=1S/C19H28O5/c1-5-7-12-22-19(21)24-15(4)13-14(3)23-18(20)17-10-8-16(6-2)9-11-17/h8-11,14-15H,5-7,12-13H2,1-4H3. The number of hydrogen-bond donors (Lipinski definition) is 0. The Morgan fingerprint density at radius 3 is 2.21 bits per heavy atom. The van der Waals surface area contributed by atoms with Crippen molar-refractivity contribution >= 4 is 12.1 Å². The molecule has 0 aliphatic carbocycles. The van der Waals surface area contributed by atoms with Gasteiger partial charge in [0, 0.05) is 6.42 Å². The first kappa shape index (κ1) is 20.0. The van der Waals surface area contributed by atoms with Crippen molar-refractivity contribution in [3.8, 4) is 0 Å². The van der Waals surface area contributed by atoms with Crippen LogP contribution in [-0.4, -0.2) is 30.9 Å². The van der Waals surface area contributed by atoms with Crippen molar-refractivity contribution in [2.45, 2.75) is 65.6 Å². The second-order valence-corrected chi connectivity index (χ2v) is 5.88. The van der Waals surface area contributed by atoms with E-state index in [1.807, 2.05) is 19.1 Å². The van der Waals surface area contributed by atoms with Crippen molar-refractivity contribution in [3.63, 3.8) is 0 Å². The first-order chi connectivity index (χ1) is 11.5. The van der Waals surface area contributed by atoms with Crippen molar-refractivity contribution in [2.24, 2.45) is 0 Å². The zero-order chi connectivity index (χ0) is 17.9. The molecule has 0 saturated heterocycles. The third-order valence-corrected chi connectivity index (χ3v) is 3.59. The molecule has 0 bridgehead atoms. The van der Waals surface area contributed by atoms with E-state index in [9.17, 15) is 9.59 Å². The summed E-state index contributed by atoms with van der Waals surface area (Å²) in [4.78, 5) is 23.5. The smallest absolute Gasteiger partial charge is 0.459 e. The predicted molar refractivity (Wildman–Crippen MR) is 92.1 cm³/mol. The number of esters is 1. The molecule has 2 unspecified atom stereocenters. The fourth-order valence-electron chi connectivity index (χ4n) is 2.19. The average Bonchev–Trinajstić information content (AvgIpc) is 2.54. The van der Waals surface area contributed by atoms with Gasteiger partial charge in [-0.25, -0.2) is 9.59 Å². The molecule has 0 fully saturated rings. The molecule has 0 radical (unpaired) electrons. The summed E-state index contributed by atoms with van der Waals surface area (Å²) in [5.74, 6) is -0.372. The molecule has 0 amide bonds. The SMILES string of the molecule is CCCCOC(=O)OC(C)CC(C)OC(=O)c1ccc(CC)cc1. The van der Waals surface area contributed by atoms with Crippen LogP contribution in [0.4, 0.5) is 4.79 Å². The summed E-state index contributed by atoms with van der Waals surface area (Å²) in [5.41, 5.74) is 1.69. The van der Waals surface area contributed by atoms with Crippen LogP contribution < -0.4 is 0 Å². The molecule has 0 heterocycles. The van der Waals surface area contributed by atoms with Gasteiger partial charge in [-0.15, -0.1) is 0 Å². The number of ether oxygens (including phenoxy) is 3. The van der Waals surface area contributed by atoms with Crippen LogP contribution in [0, 0.1) is 0 Å². The Morgan fingerprint density at radius 1 is 1.00 bits per heavy atom. The topological polar surface area (TPSA) is 61.8 Å². The van der Waals surface area contributed by atoms with Crippen molar-refractivity contribution in [2.75, 3.05) is 6.61 Å². The maximum Gasteiger partial charge on any atom is 0.508 e. The lowest BCUT2D eigenvalue weighted by Gasteiger charge is -2.18. The van der Waals surface area contributed by atoms with Gasteiger partial charge in [0.15, 0.2) is 0 Å². The molecule has 1 rings (SSSR count). The van der Waals surface area contributed by atoms with E-state index in [1.54, 1.807) is 26.0 Å². The maximum absolute atomic E-state index is 12.1. The summed E-state index contributed by atoms with van der Waals surface area (Å²) >= 11 is 0. The summed E-state index contributed by atoms with van der Waals surface area (Å²) in [6.45, 7) is 7.97. The molecule has 0 aliphatic heterocycles. The first-order valence-electron chi connectivity index (χ1n) is 8.59. The van der Waals surface area contributed by atoms with Crippen LogP contribution in [0.1, 0.15) is 62.9 Å². The van der Waals surface area contributed by atoms with Gasteiger partial charge in [0.2, 0.25) is 0 Å². The number of unbranched alkanes of at least 4 members (excludes halogenated alkanes) is 1. The van der Waals surface area contributed by atoms with Gasteiger partial charge in [-0.2, -0.15) is 0 Å². The molecule has 134 valence electrons. The molecule has 0 spiro atoms. The summed E-state index contributed by atoms with van der Waals surface area (Å²) < 4.78 is 15.5. The van der Waals surface area contributed by atoms with Gasteiger partial charge >= 0.3 is 12.1 Å². The van der Waals surface area contributed by atoms with Gasteiger partial charge in [-0.1, -0.05) is 32.4 Å². The number of hydrogen-bond acceptors (Lipinski definition) is 5. The Hall–Kier alpha value is -2.04. The van der Waals surface area contributed by atoms with E-state index in [-0.39, 0.29) is 18.2 Å².